The summed E-state index contributed by atoms with van der Waals surface area (Å²) in [5, 5.41) is 2.85. The molecule has 0 radical (unpaired) electrons. The van der Waals surface area contributed by atoms with Crippen molar-refractivity contribution in [2.24, 2.45) is 0 Å². The fraction of sp³-hybridized carbons (Fsp3) is 0.381. The highest BCUT2D eigenvalue weighted by atomic mass is 19.1. The average Bonchev–Trinajstić information content (AvgIpc) is 3.16. The molecule has 1 unspecified atom stereocenters. The maximum atomic E-state index is 13.0. The van der Waals surface area contributed by atoms with Gasteiger partial charge in [-0.1, -0.05) is 6.92 Å². The molecule has 0 aromatic heterocycles. The van der Waals surface area contributed by atoms with Crippen molar-refractivity contribution in [1.82, 2.24) is 0 Å². The molecule has 0 bridgehead atoms. The van der Waals surface area contributed by atoms with Gasteiger partial charge in [-0.05, 0) is 80.6 Å². The Morgan fingerprint density at radius 1 is 1.08 bits per heavy atom. The predicted molar refractivity (Wildman–Crippen MR) is 99.1 cm³/mol. The lowest BCUT2D eigenvalue weighted by molar-refractivity contribution is -0.122. The number of hydrogen-bond acceptors (Lipinski definition) is 3. The number of rotatable bonds is 7. The van der Waals surface area contributed by atoms with E-state index in [0.717, 1.165) is 18.6 Å². The van der Waals surface area contributed by atoms with E-state index in [0.29, 0.717) is 24.0 Å². The maximum Gasteiger partial charge on any atom is 0.265 e. The van der Waals surface area contributed by atoms with Crippen LogP contribution in [-0.4, -0.2) is 18.1 Å². The van der Waals surface area contributed by atoms with E-state index in [-0.39, 0.29) is 11.7 Å². The molecule has 1 fully saturated rings. The van der Waals surface area contributed by atoms with Crippen molar-refractivity contribution in [3.8, 4) is 11.5 Å². The van der Waals surface area contributed by atoms with Crippen molar-refractivity contribution in [2.45, 2.75) is 51.2 Å². The van der Waals surface area contributed by atoms with E-state index in [1.165, 1.54) is 37.1 Å². The van der Waals surface area contributed by atoms with E-state index in [4.69, 9.17) is 9.47 Å². The Bertz CT molecular complexity index is 709. The molecule has 4 nitrogen and oxygen atoms in total. The zero-order chi connectivity index (χ0) is 18.4. The van der Waals surface area contributed by atoms with Crippen LogP contribution >= 0.6 is 0 Å². The van der Waals surface area contributed by atoms with Crippen LogP contribution < -0.4 is 14.8 Å². The van der Waals surface area contributed by atoms with E-state index in [9.17, 15) is 9.18 Å². The number of amides is 1. The highest BCUT2D eigenvalue weighted by Gasteiger charge is 2.19. The number of carbonyl (C=O) groups is 1. The van der Waals surface area contributed by atoms with Crippen LogP contribution in [0.2, 0.25) is 0 Å². The number of benzene rings is 2. The second-order valence-electron chi connectivity index (χ2n) is 6.51. The minimum Gasteiger partial charge on any atom is -0.490 e. The van der Waals surface area contributed by atoms with Gasteiger partial charge in [0.1, 0.15) is 17.3 Å². The zero-order valence-corrected chi connectivity index (χ0v) is 14.9. The third kappa shape index (κ3) is 4.97. The number of anilines is 1. The Morgan fingerprint density at radius 3 is 2.31 bits per heavy atom. The van der Waals surface area contributed by atoms with Crippen LogP contribution in [0.4, 0.5) is 10.1 Å². The maximum absolute atomic E-state index is 13.0. The highest BCUT2D eigenvalue weighted by molar-refractivity contribution is 5.94. The number of carbonyl (C=O) groups excluding carboxylic acids is 1. The summed E-state index contributed by atoms with van der Waals surface area (Å²) in [6.45, 7) is 1.87. The van der Waals surface area contributed by atoms with Crippen molar-refractivity contribution < 1.29 is 18.7 Å². The Labute approximate surface area is 153 Å². The monoisotopic (exact) mass is 357 g/mol. The predicted octanol–water partition coefficient (Wildman–Crippen LogP) is 4.94. The molecule has 1 aliphatic carbocycles. The summed E-state index contributed by atoms with van der Waals surface area (Å²) in [7, 11) is 0. The standard InChI is InChI=1S/C21H24FNO3/c1-2-20(26-19-11-7-15(22)8-12-19)21(24)23-16-9-13-18(14-10-16)25-17-5-3-4-6-17/h7-14,17,20H,2-6H2,1H3,(H,23,24). The van der Waals surface area contributed by atoms with Gasteiger partial charge in [0.25, 0.3) is 5.91 Å². The second-order valence-corrected chi connectivity index (χ2v) is 6.51. The Kier molecular flexibility index (Phi) is 6.10. The third-order valence-electron chi connectivity index (χ3n) is 4.48. The van der Waals surface area contributed by atoms with Gasteiger partial charge in [-0.2, -0.15) is 0 Å². The number of nitrogens with one attached hydrogen (secondary N) is 1. The first-order valence-corrected chi connectivity index (χ1v) is 9.14. The number of halogens is 1. The van der Waals surface area contributed by atoms with Crippen LogP contribution in [0.5, 0.6) is 11.5 Å². The normalized spacial score (nSPS) is 15.5. The molecule has 138 valence electrons. The molecule has 1 aliphatic rings. The van der Waals surface area contributed by atoms with Gasteiger partial charge in [-0.3, -0.25) is 4.79 Å². The molecule has 3 rings (SSSR count). The van der Waals surface area contributed by atoms with Gasteiger partial charge < -0.3 is 14.8 Å². The quantitative estimate of drug-likeness (QED) is 0.763. The van der Waals surface area contributed by atoms with Crippen LogP contribution in [0.25, 0.3) is 0 Å². The van der Waals surface area contributed by atoms with Crippen LogP contribution in [0.1, 0.15) is 39.0 Å². The van der Waals surface area contributed by atoms with Crippen LogP contribution in [0.15, 0.2) is 48.5 Å². The SMILES string of the molecule is CCC(Oc1ccc(F)cc1)C(=O)Nc1ccc(OC2CCCC2)cc1. The van der Waals surface area contributed by atoms with Gasteiger partial charge in [-0.25, -0.2) is 4.39 Å². The summed E-state index contributed by atoms with van der Waals surface area (Å²) < 4.78 is 24.6. The lowest BCUT2D eigenvalue weighted by Gasteiger charge is -2.18. The second kappa shape index (κ2) is 8.70. The number of ether oxygens (including phenoxy) is 2. The molecule has 2 aromatic carbocycles. The Morgan fingerprint density at radius 2 is 1.69 bits per heavy atom. The fourth-order valence-electron chi connectivity index (χ4n) is 3.04. The fourth-order valence-corrected chi connectivity index (χ4v) is 3.04. The largest absolute Gasteiger partial charge is 0.490 e. The smallest absolute Gasteiger partial charge is 0.265 e. The molecule has 1 atom stereocenters. The topological polar surface area (TPSA) is 47.6 Å². The summed E-state index contributed by atoms with van der Waals surface area (Å²) in [5.74, 6) is 0.717. The van der Waals surface area contributed by atoms with Gasteiger partial charge in [-0.15, -0.1) is 0 Å². The first-order chi connectivity index (χ1) is 12.6. The summed E-state index contributed by atoms with van der Waals surface area (Å²) in [6, 6.07) is 13.0. The summed E-state index contributed by atoms with van der Waals surface area (Å²) in [4.78, 5) is 12.4. The van der Waals surface area contributed by atoms with Crippen LogP contribution in [-0.2, 0) is 4.79 Å². The van der Waals surface area contributed by atoms with E-state index in [1.54, 1.807) is 0 Å². The average molecular weight is 357 g/mol. The van der Waals surface area contributed by atoms with Crippen molar-refractivity contribution in [1.29, 1.82) is 0 Å². The summed E-state index contributed by atoms with van der Waals surface area (Å²) in [6.07, 6.45) is 4.84. The Hall–Kier alpha value is -2.56. The molecule has 2 aromatic rings. The highest BCUT2D eigenvalue weighted by Crippen LogP contribution is 2.25. The van der Waals surface area contributed by atoms with Crippen molar-refractivity contribution in [3.05, 3.63) is 54.3 Å². The van der Waals surface area contributed by atoms with Gasteiger partial charge in [0.15, 0.2) is 6.10 Å². The van der Waals surface area contributed by atoms with Gasteiger partial charge in [0, 0.05) is 5.69 Å². The molecule has 0 spiro atoms. The Balaban J connectivity index is 1.55. The molecule has 5 heteroatoms. The third-order valence-corrected chi connectivity index (χ3v) is 4.48. The lowest BCUT2D eigenvalue weighted by Crippen LogP contribution is -2.32. The molecule has 1 N–H and O–H groups in total. The number of hydrogen-bond donors (Lipinski definition) is 1. The van der Waals surface area contributed by atoms with Crippen LogP contribution in [0, 0.1) is 5.82 Å². The first-order valence-electron chi connectivity index (χ1n) is 9.14. The van der Waals surface area contributed by atoms with Crippen molar-refractivity contribution in [2.75, 3.05) is 5.32 Å². The molecule has 1 amide bonds. The van der Waals surface area contributed by atoms with Crippen LogP contribution in [0.3, 0.4) is 0 Å². The first kappa shape index (κ1) is 18.2. The molecular formula is C21H24FNO3. The zero-order valence-electron chi connectivity index (χ0n) is 14.9. The molecule has 26 heavy (non-hydrogen) atoms. The van der Waals surface area contributed by atoms with E-state index < -0.39 is 6.10 Å². The van der Waals surface area contributed by atoms with E-state index in [1.807, 2.05) is 31.2 Å². The van der Waals surface area contributed by atoms with Gasteiger partial charge in [0.05, 0.1) is 6.10 Å². The van der Waals surface area contributed by atoms with E-state index in [2.05, 4.69) is 5.32 Å². The lowest BCUT2D eigenvalue weighted by atomic mass is 10.2. The molecule has 1 saturated carbocycles. The van der Waals surface area contributed by atoms with Gasteiger partial charge in [0.2, 0.25) is 0 Å². The minimum atomic E-state index is -0.644. The van der Waals surface area contributed by atoms with Crippen molar-refractivity contribution in [3.63, 3.8) is 0 Å². The molecule has 0 heterocycles. The van der Waals surface area contributed by atoms with E-state index >= 15 is 0 Å². The van der Waals surface area contributed by atoms with Gasteiger partial charge >= 0.3 is 0 Å². The summed E-state index contributed by atoms with van der Waals surface area (Å²) in [5.41, 5.74) is 0.690. The molecular weight excluding hydrogens is 333 g/mol. The molecule has 0 saturated heterocycles. The summed E-state index contributed by atoms with van der Waals surface area (Å²) >= 11 is 0. The molecule has 0 aliphatic heterocycles. The van der Waals surface area contributed by atoms with Crippen molar-refractivity contribution >= 4 is 11.6 Å². The minimum absolute atomic E-state index is 0.235.